The molecule has 1 N–H and O–H groups in total. The van der Waals surface area contributed by atoms with E-state index in [2.05, 4.69) is 21.3 Å². The van der Waals surface area contributed by atoms with Crippen molar-refractivity contribution in [2.24, 2.45) is 0 Å². The summed E-state index contributed by atoms with van der Waals surface area (Å²) in [5, 5.41) is 6.73. The number of carbonyl (C=O) groups is 1. The van der Waals surface area contributed by atoms with Gasteiger partial charge in [0.2, 0.25) is 11.0 Å². The maximum Gasteiger partial charge on any atom is 0.263 e. The van der Waals surface area contributed by atoms with Crippen molar-refractivity contribution >= 4 is 67.5 Å². The Morgan fingerprint density at radius 3 is 2.64 bits per heavy atom. The summed E-state index contributed by atoms with van der Waals surface area (Å²) in [6.07, 6.45) is 1.64. The van der Waals surface area contributed by atoms with Crippen LogP contribution in [0.1, 0.15) is 0 Å². The first-order valence-corrected chi connectivity index (χ1v) is 13.8. The summed E-state index contributed by atoms with van der Waals surface area (Å²) in [5.74, 6) is 0.359. The molecule has 180 valence electrons. The van der Waals surface area contributed by atoms with E-state index in [0.717, 1.165) is 28.2 Å². The molecule has 5 rings (SSSR count). The van der Waals surface area contributed by atoms with Crippen molar-refractivity contribution in [1.29, 1.82) is 0 Å². The van der Waals surface area contributed by atoms with Crippen LogP contribution >= 0.6 is 46.2 Å². The van der Waals surface area contributed by atoms with Gasteiger partial charge in [0.25, 0.3) is 5.56 Å². The van der Waals surface area contributed by atoms with E-state index in [9.17, 15) is 9.59 Å². The van der Waals surface area contributed by atoms with Crippen LogP contribution in [0.15, 0.2) is 82.6 Å². The topological polar surface area (TPSA) is 89.8 Å². The highest BCUT2D eigenvalue weighted by atomic mass is 35.5. The van der Waals surface area contributed by atoms with Crippen molar-refractivity contribution < 1.29 is 4.79 Å². The Balaban J connectivity index is 1.36. The highest BCUT2D eigenvalue weighted by Gasteiger charge is 2.18. The highest BCUT2D eigenvalue weighted by Crippen LogP contribution is 2.33. The molecular formula is C25H18ClN5O2S3. The number of nitrogens with zero attached hydrogens (tertiary/aromatic N) is 4. The van der Waals surface area contributed by atoms with Crippen molar-refractivity contribution in [3.63, 3.8) is 0 Å². The van der Waals surface area contributed by atoms with Crippen LogP contribution in [0.4, 0.5) is 5.13 Å². The van der Waals surface area contributed by atoms with Gasteiger partial charge in [-0.15, -0.1) is 17.9 Å². The maximum absolute atomic E-state index is 13.5. The number of allylic oxidation sites excluding steroid dienone is 1. The van der Waals surface area contributed by atoms with Gasteiger partial charge in [-0.3, -0.25) is 19.5 Å². The van der Waals surface area contributed by atoms with E-state index in [0.29, 0.717) is 31.4 Å². The van der Waals surface area contributed by atoms with Gasteiger partial charge in [-0.1, -0.05) is 71.9 Å². The third kappa shape index (κ3) is 5.12. The number of nitrogens with one attached hydrogen (secondary N) is 1. The van der Waals surface area contributed by atoms with E-state index in [4.69, 9.17) is 16.6 Å². The molecule has 0 spiro atoms. The molecule has 36 heavy (non-hydrogen) atoms. The molecule has 0 aliphatic rings. The Labute approximate surface area is 223 Å². The van der Waals surface area contributed by atoms with Crippen LogP contribution in [0.2, 0.25) is 5.02 Å². The summed E-state index contributed by atoms with van der Waals surface area (Å²) in [7, 11) is 0. The van der Waals surface area contributed by atoms with E-state index in [1.807, 2.05) is 47.8 Å². The largest absolute Gasteiger partial charge is 0.300 e. The number of fused-ring (bicyclic) bond motifs is 1. The third-order valence-corrected chi connectivity index (χ3v) is 7.89. The second-order valence-corrected chi connectivity index (χ2v) is 10.6. The monoisotopic (exact) mass is 551 g/mol. The number of thioether (sulfide) groups is 1. The Hall–Kier alpha value is -3.31. The van der Waals surface area contributed by atoms with Gasteiger partial charge in [-0.2, -0.15) is 9.36 Å². The smallest absolute Gasteiger partial charge is 0.263 e. The predicted octanol–water partition coefficient (Wildman–Crippen LogP) is 6.21. The normalized spacial score (nSPS) is 11.0. The number of amides is 1. The zero-order chi connectivity index (χ0) is 25.1. The van der Waals surface area contributed by atoms with Crippen LogP contribution in [0.5, 0.6) is 0 Å². The average Bonchev–Trinajstić information content (AvgIpc) is 3.53. The molecule has 0 radical (unpaired) electrons. The lowest BCUT2D eigenvalue weighted by atomic mass is 10.1. The average molecular weight is 552 g/mol. The summed E-state index contributed by atoms with van der Waals surface area (Å²) >= 11 is 9.72. The molecule has 2 aromatic carbocycles. The number of rotatable bonds is 8. The molecule has 1 amide bonds. The van der Waals surface area contributed by atoms with Crippen LogP contribution in [0, 0.1) is 0 Å². The Kier molecular flexibility index (Phi) is 7.28. The minimum atomic E-state index is -0.261. The molecule has 3 heterocycles. The van der Waals surface area contributed by atoms with Crippen LogP contribution in [0.3, 0.4) is 0 Å². The quantitative estimate of drug-likeness (QED) is 0.140. The molecule has 0 atom stereocenters. The van der Waals surface area contributed by atoms with Crippen molar-refractivity contribution in [2.75, 3.05) is 11.1 Å². The molecule has 0 unspecified atom stereocenters. The van der Waals surface area contributed by atoms with E-state index < -0.39 is 0 Å². The van der Waals surface area contributed by atoms with Gasteiger partial charge in [0.05, 0.1) is 11.1 Å². The molecule has 0 saturated carbocycles. The second-order valence-electron chi connectivity index (χ2n) is 7.56. The molecule has 11 heteroatoms. The van der Waals surface area contributed by atoms with E-state index in [-0.39, 0.29) is 23.8 Å². The standard InChI is InChI=1S/C25H18ClN5O2S3/c1-2-12-31-23(33)20-18(15-8-10-17(26)11-9-15)13-34-22(20)29-25(31)35-14-19(32)27-24-28-21(30-36-24)16-6-4-3-5-7-16/h2-11,13H,1,12,14H2,(H,27,28,30,32). The first-order chi connectivity index (χ1) is 17.5. The lowest BCUT2D eigenvalue weighted by Crippen LogP contribution is -2.23. The van der Waals surface area contributed by atoms with Gasteiger partial charge in [0.15, 0.2) is 11.0 Å². The fraction of sp³-hybridized carbons (Fsp3) is 0.0800. The van der Waals surface area contributed by atoms with Crippen LogP contribution < -0.4 is 10.9 Å². The lowest BCUT2D eigenvalue weighted by molar-refractivity contribution is -0.113. The first-order valence-electron chi connectivity index (χ1n) is 10.7. The molecule has 5 aromatic rings. The van der Waals surface area contributed by atoms with Crippen LogP contribution in [-0.2, 0) is 11.3 Å². The van der Waals surface area contributed by atoms with Gasteiger partial charge in [0, 0.05) is 39.6 Å². The number of benzene rings is 2. The Morgan fingerprint density at radius 1 is 1.11 bits per heavy atom. The number of aromatic nitrogens is 4. The number of carbonyl (C=O) groups excluding carboxylic acids is 1. The fourth-order valence-corrected chi connectivity index (χ4v) is 6.04. The van der Waals surface area contributed by atoms with Gasteiger partial charge in [-0.25, -0.2) is 4.98 Å². The molecular weight excluding hydrogens is 534 g/mol. The number of thiophene rings is 1. The van der Waals surface area contributed by atoms with E-state index >= 15 is 0 Å². The SMILES string of the molecule is C=CCn1c(SCC(=O)Nc2nc(-c3ccccc3)ns2)nc2scc(-c3ccc(Cl)cc3)c2c1=O. The van der Waals surface area contributed by atoms with Gasteiger partial charge >= 0.3 is 0 Å². The Morgan fingerprint density at radius 2 is 1.89 bits per heavy atom. The molecule has 0 aliphatic carbocycles. The van der Waals surface area contributed by atoms with Gasteiger partial charge in [0.1, 0.15) is 4.83 Å². The number of halogens is 1. The minimum Gasteiger partial charge on any atom is -0.300 e. The number of hydrogen-bond acceptors (Lipinski definition) is 8. The fourth-order valence-electron chi connectivity index (χ4n) is 3.51. The number of anilines is 1. The first kappa shape index (κ1) is 24.4. The zero-order valence-corrected chi connectivity index (χ0v) is 21.9. The molecule has 0 saturated heterocycles. The van der Waals surface area contributed by atoms with E-state index in [1.54, 1.807) is 18.2 Å². The van der Waals surface area contributed by atoms with Crippen LogP contribution in [-0.4, -0.2) is 30.6 Å². The van der Waals surface area contributed by atoms with Gasteiger partial charge < -0.3 is 0 Å². The van der Waals surface area contributed by atoms with E-state index in [1.165, 1.54) is 27.7 Å². The molecule has 3 aromatic heterocycles. The summed E-state index contributed by atoms with van der Waals surface area (Å²) in [6, 6.07) is 16.9. The van der Waals surface area contributed by atoms with Crippen molar-refractivity contribution in [1.82, 2.24) is 18.9 Å². The predicted molar refractivity (Wildman–Crippen MR) is 149 cm³/mol. The Bertz CT molecular complexity index is 1610. The number of hydrogen-bond donors (Lipinski definition) is 1. The lowest BCUT2D eigenvalue weighted by Gasteiger charge is -2.10. The molecule has 0 aliphatic heterocycles. The summed E-state index contributed by atoms with van der Waals surface area (Å²) in [6.45, 7) is 4.05. The highest BCUT2D eigenvalue weighted by molar-refractivity contribution is 7.99. The maximum atomic E-state index is 13.5. The van der Waals surface area contributed by atoms with Crippen LogP contribution in [0.25, 0.3) is 32.7 Å². The zero-order valence-electron chi connectivity index (χ0n) is 18.7. The summed E-state index contributed by atoms with van der Waals surface area (Å²) < 4.78 is 5.85. The minimum absolute atomic E-state index is 0.0603. The third-order valence-electron chi connectivity index (χ3n) is 5.16. The van der Waals surface area contributed by atoms with Crippen molar-refractivity contribution in [3.05, 3.63) is 88.0 Å². The summed E-state index contributed by atoms with van der Waals surface area (Å²) in [5.41, 5.74) is 2.40. The molecule has 7 nitrogen and oxygen atoms in total. The summed E-state index contributed by atoms with van der Waals surface area (Å²) in [4.78, 5) is 35.8. The van der Waals surface area contributed by atoms with Gasteiger partial charge in [-0.05, 0) is 17.7 Å². The molecule has 0 bridgehead atoms. The van der Waals surface area contributed by atoms with Crippen molar-refractivity contribution in [3.8, 4) is 22.5 Å². The van der Waals surface area contributed by atoms with Crippen molar-refractivity contribution in [2.45, 2.75) is 11.7 Å². The molecule has 0 fully saturated rings. The second kappa shape index (κ2) is 10.8.